The number of benzene rings is 1. The van der Waals surface area contributed by atoms with E-state index in [-0.39, 0.29) is 17.2 Å². The molecule has 3 rings (SSSR count). The lowest BCUT2D eigenvalue weighted by atomic mass is 9.83. The van der Waals surface area contributed by atoms with Crippen molar-refractivity contribution in [2.75, 3.05) is 59.7 Å². The summed E-state index contributed by atoms with van der Waals surface area (Å²) >= 11 is 0. The number of nitrogens with one attached hydrogen (secondary N) is 2. The normalized spacial score (nSPS) is 19.6. The Balaban J connectivity index is 1.69. The summed E-state index contributed by atoms with van der Waals surface area (Å²) in [7, 11) is 1.77. The second-order valence-electron chi connectivity index (χ2n) is 8.93. The molecule has 1 aromatic carbocycles. The number of ether oxygens (including phenoxy) is 2. The molecule has 1 unspecified atom stereocenters. The lowest BCUT2D eigenvalue weighted by Crippen LogP contribution is -2.47. The number of nitrogens with zero attached hydrogens (tertiary/aromatic N) is 2. The first-order valence-electron chi connectivity index (χ1n) is 12.1. The molecule has 2 fully saturated rings. The number of hydrogen-bond acceptors (Lipinski definition) is 4. The van der Waals surface area contributed by atoms with E-state index in [4.69, 9.17) is 14.5 Å². The molecular formula is C25H40N4O3. The van der Waals surface area contributed by atoms with Gasteiger partial charge in [-0.05, 0) is 37.2 Å². The highest BCUT2D eigenvalue weighted by Gasteiger charge is 2.33. The number of methoxy groups -OCH3 is 1. The van der Waals surface area contributed by atoms with E-state index < -0.39 is 0 Å². The number of hydrogen-bond donors (Lipinski definition) is 2. The highest BCUT2D eigenvalue weighted by Crippen LogP contribution is 2.41. The Bertz CT molecular complexity index is 713. The highest BCUT2D eigenvalue weighted by atomic mass is 16.5. The summed E-state index contributed by atoms with van der Waals surface area (Å²) < 4.78 is 10.8. The van der Waals surface area contributed by atoms with Crippen LogP contribution in [0.5, 0.6) is 0 Å². The third kappa shape index (κ3) is 6.94. The molecule has 7 heteroatoms. The van der Waals surface area contributed by atoms with Gasteiger partial charge in [-0.2, -0.15) is 0 Å². The molecule has 1 saturated heterocycles. The molecule has 0 aromatic heterocycles. The van der Waals surface area contributed by atoms with Gasteiger partial charge in [-0.1, -0.05) is 43.2 Å². The van der Waals surface area contributed by atoms with Crippen LogP contribution in [-0.4, -0.2) is 76.4 Å². The van der Waals surface area contributed by atoms with Crippen LogP contribution in [0.15, 0.2) is 35.3 Å². The SMILES string of the molecule is CCNC(=NCC1(CCOC)CCCC1)NCC(C(=O)N1CCOCC1)c1ccccc1. The number of amides is 1. The van der Waals surface area contributed by atoms with E-state index in [1.54, 1.807) is 7.11 Å². The van der Waals surface area contributed by atoms with E-state index in [0.29, 0.717) is 32.8 Å². The first-order chi connectivity index (χ1) is 15.7. The maximum absolute atomic E-state index is 13.4. The molecule has 1 atom stereocenters. The summed E-state index contributed by atoms with van der Waals surface area (Å²) in [5, 5.41) is 6.83. The van der Waals surface area contributed by atoms with Crippen molar-refractivity contribution in [3.05, 3.63) is 35.9 Å². The van der Waals surface area contributed by atoms with Gasteiger partial charge in [0, 0.05) is 46.4 Å². The number of carbonyl (C=O) groups is 1. The van der Waals surface area contributed by atoms with Crippen molar-refractivity contribution >= 4 is 11.9 Å². The molecule has 1 aliphatic carbocycles. The average Bonchev–Trinajstić information content (AvgIpc) is 3.31. The molecule has 7 nitrogen and oxygen atoms in total. The first kappa shape index (κ1) is 24.5. The predicted molar refractivity (Wildman–Crippen MR) is 128 cm³/mol. The van der Waals surface area contributed by atoms with Gasteiger partial charge in [0.1, 0.15) is 0 Å². The largest absolute Gasteiger partial charge is 0.385 e. The Morgan fingerprint density at radius 1 is 1.19 bits per heavy atom. The summed E-state index contributed by atoms with van der Waals surface area (Å²) in [5.74, 6) is 0.675. The first-order valence-corrected chi connectivity index (χ1v) is 12.1. The van der Waals surface area contributed by atoms with Crippen molar-refractivity contribution in [1.29, 1.82) is 0 Å². The van der Waals surface area contributed by atoms with Crippen LogP contribution in [0, 0.1) is 5.41 Å². The summed E-state index contributed by atoms with van der Waals surface area (Å²) in [6.07, 6.45) is 6.01. The van der Waals surface area contributed by atoms with E-state index in [9.17, 15) is 4.79 Å². The minimum atomic E-state index is -0.257. The van der Waals surface area contributed by atoms with Crippen molar-refractivity contribution in [3.63, 3.8) is 0 Å². The minimum absolute atomic E-state index is 0.148. The van der Waals surface area contributed by atoms with E-state index in [1.165, 1.54) is 25.7 Å². The van der Waals surface area contributed by atoms with Crippen LogP contribution in [0.1, 0.15) is 50.5 Å². The zero-order valence-electron chi connectivity index (χ0n) is 19.8. The fourth-order valence-electron chi connectivity index (χ4n) is 4.76. The van der Waals surface area contributed by atoms with Crippen molar-refractivity contribution in [3.8, 4) is 0 Å². The predicted octanol–water partition coefficient (Wildman–Crippen LogP) is 2.78. The van der Waals surface area contributed by atoms with E-state index in [0.717, 1.165) is 37.6 Å². The number of guanidine groups is 1. The Kier molecular flexibility index (Phi) is 9.81. The fraction of sp³-hybridized carbons (Fsp3) is 0.680. The Morgan fingerprint density at radius 2 is 1.91 bits per heavy atom. The van der Waals surface area contributed by atoms with Gasteiger partial charge in [-0.15, -0.1) is 0 Å². The van der Waals surface area contributed by atoms with Gasteiger partial charge in [-0.25, -0.2) is 0 Å². The van der Waals surface area contributed by atoms with E-state index >= 15 is 0 Å². The monoisotopic (exact) mass is 444 g/mol. The van der Waals surface area contributed by atoms with Crippen molar-refractivity contribution in [1.82, 2.24) is 15.5 Å². The molecule has 2 N–H and O–H groups in total. The van der Waals surface area contributed by atoms with Gasteiger partial charge in [0.05, 0.1) is 19.1 Å². The van der Waals surface area contributed by atoms with E-state index in [1.807, 2.05) is 35.2 Å². The van der Waals surface area contributed by atoms with Crippen LogP contribution in [0.25, 0.3) is 0 Å². The van der Waals surface area contributed by atoms with Crippen molar-refractivity contribution in [2.45, 2.75) is 44.9 Å². The number of morpholine rings is 1. The van der Waals surface area contributed by atoms with Crippen LogP contribution >= 0.6 is 0 Å². The third-order valence-electron chi connectivity index (χ3n) is 6.71. The summed E-state index contributed by atoms with van der Waals surface area (Å²) in [5.41, 5.74) is 1.26. The Hall–Kier alpha value is -2.12. The molecule has 1 amide bonds. The van der Waals surface area contributed by atoms with Gasteiger partial charge in [0.25, 0.3) is 0 Å². The molecule has 1 saturated carbocycles. The van der Waals surface area contributed by atoms with Gasteiger partial charge in [-0.3, -0.25) is 9.79 Å². The lowest BCUT2D eigenvalue weighted by Gasteiger charge is -2.31. The zero-order valence-corrected chi connectivity index (χ0v) is 19.8. The second-order valence-corrected chi connectivity index (χ2v) is 8.93. The molecule has 0 radical (unpaired) electrons. The molecule has 32 heavy (non-hydrogen) atoms. The van der Waals surface area contributed by atoms with Crippen LogP contribution in [-0.2, 0) is 14.3 Å². The maximum atomic E-state index is 13.4. The van der Waals surface area contributed by atoms with Crippen LogP contribution in [0.3, 0.4) is 0 Å². The number of carbonyl (C=O) groups excluding carboxylic acids is 1. The summed E-state index contributed by atoms with van der Waals surface area (Å²) in [4.78, 5) is 20.2. The highest BCUT2D eigenvalue weighted by molar-refractivity contribution is 5.86. The smallest absolute Gasteiger partial charge is 0.232 e. The summed E-state index contributed by atoms with van der Waals surface area (Å²) in [6, 6.07) is 10.0. The van der Waals surface area contributed by atoms with Crippen molar-refractivity contribution < 1.29 is 14.3 Å². The molecule has 1 aliphatic heterocycles. The summed E-state index contributed by atoms with van der Waals surface area (Å²) in [6.45, 7) is 7.45. The second kappa shape index (κ2) is 12.8. The van der Waals surface area contributed by atoms with Gasteiger partial charge >= 0.3 is 0 Å². The van der Waals surface area contributed by atoms with Crippen molar-refractivity contribution in [2.24, 2.45) is 10.4 Å². The molecule has 1 aromatic rings. The minimum Gasteiger partial charge on any atom is -0.385 e. The Morgan fingerprint density at radius 3 is 2.56 bits per heavy atom. The van der Waals surface area contributed by atoms with Gasteiger partial charge in [0.15, 0.2) is 5.96 Å². The zero-order chi connectivity index (χ0) is 22.7. The molecule has 178 valence electrons. The molecule has 1 heterocycles. The standard InChI is InChI=1S/C25H40N4O3/c1-3-26-24(28-20-25(13-16-31-2)11-7-8-12-25)27-19-22(21-9-5-4-6-10-21)23(30)29-14-17-32-18-15-29/h4-6,9-10,22H,3,7-8,11-20H2,1-2H3,(H2,26,27,28). The number of rotatable bonds is 10. The molecule has 0 spiro atoms. The van der Waals surface area contributed by atoms with E-state index in [2.05, 4.69) is 17.6 Å². The molecule has 0 bridgehead atoms. The fourth-order valence-corrected chi connectivity index (χ4v) is 4.76. The third-order valence-corrected chi connectivity index (χ3v) is 6.71. The number of aliphatic imine (C=N–C) groups is 1. The van der Waals surface area contributed by atoms with Gasteiger partial charge in [0.2, 0.25) is 5.91 Å². The quantitative estimate of drug-likeness (QED) is 0.429. The maximum Gasteiger partial charge on any atom is 0.232 e. The van der Waals surface area contributed by atoms with Gasteiger partial charge < -0.3 is 25.0 Å². The molecule has 2 aliphatic rings. The van der Waals surface area contributed by atoms with Crippen LogP contribution < -0.4 is 10.6 Å². The lowest BCUT2D eigenvalue weighted by molar-refractivity contribution is -0.136. The topological polar surface area (TPSA) is 75.2 Å². The van der Waals surface area contributed by atoms with Crippen LogP contribution in [0.4, 0.5) is 0 Å². The molecular weight excluding hydrogens is 404 g/mol. The van der Waals surface area contributed by atoms with Crippen LogP contribution in [0.2, 0.25) is 0 Å². The Labute approximate surface area is 192 Å². The average molecular weight is 445 g/mol.